The van der Waals surface area contributed by atoms with Crippen LogP contribution in [0.15, 0.2) is 52.7 Å². The molecule has 0 aliphatic carbocycles. The average Bonchev–Trinajstić information content (AvgIpc) is 2.30. The van der Waals surface area contributed by atoms with E-state index in [0.29, 0.717) is 22.7 Å². The third-order valence-electron chi connectivity index (χ3n) is 2.22. The lowest BCUT2D eigenvalue weighted by atomic mass is 10.2. The molecule has 0 aliphatic heterocycles. The summed E-state index contributed by atoms with van der Waals surface area (Å²) < 4.78 is 0. The summed E-state index contributed by atoms with van der Waals surface area (Å²) in [6, 6.07) is 12.2. The van der Waals surface area contributed by atoms with Crippen LogP contribution in [-0.2, 0) is 0 Å². The van der Waals surface area contributed by atoms with Crippen LogP contribution in [0, 0.1) is 0 Å². The van der Waals surface area contributed by atoms with Crippen LogP contribution in [0.4, 0.5) is 28.4 Å². The topological polar surface area (TPSA) is 103 Å². The zero-order valence-electron chi connectivity index (χ0n) is 9.17. The molecule has 0 atom stereocenters. The summed E-state index contributed by atoms with van der Waals surface area (Å²) in [5.41, 5.74) is 20.0. The molecule has 0 amide bonds. The quantitative estimate of drug-likeness (QED) is 0.542. The zero-order chi connectivity index (χ0) is 12.3. The van der Waals surface area contributed by atoms with Crippen molar-refractivity contribution >= 4 is 28.4 Å². The number of azo groups is 1. The fourth-order valence-corrected chi connectivity index (χ4v) is 1.32. The van der Waals surface area contributed by atoms with E-state index >= 15 is 0 Å². The van der Waals surface area contributed by atoms with E-state index in [0.717, 1.165) is 5.69 Å². The number of nitrogen functional groups attached to an aromatic ring is 3. The molecular weight excluding hydrogens is 214 g/mol. The molecule has 17 heavy (non-hydrogen) atoms. The van der Waals surface area contributed by atoms with E-state index in [4.69, 9.17) is 17.2 Å². The van der Waals surface area contributed by atoms with Gasteiger partial charge in [0.15, 0.2) is 0 Å². The molecule has 0 aliphatic rings. The van der Waals surface area contributed by atoms with Crippen LogP contribution in [0.1, 0.15) is 0 Å². The van der Waals surface area contributed by atoms with Crippen molar-refractivity contribution in [3.8, 4) is 0 Å². The molecule has 0 aromatic heterocycles. The minimum absolute atomic E-state index is 0.504. The van der Waals surface area contributed by atoms with Crippen LogP contribution in [0.25, 0.3) is 0 Å². The second-order valence-electron chi connectivity index (χ2n) is 3.61. The Morgan fingerprint density at radius 3 is 2.00 bits per heavy atom. The summed E-state index contributed by atoms with van der Waals surface area (Å²) >= 11 is 0. The number of benzene rings is 2. The van der Waals surface area contributed by atoms with Gasteiger partial charge in [-0.3, -0.25) is 0 Å². The Hall–Kier alpha value is -2.56. The lowest BCUT2D eigenvalue weighted by molar-refractivity contribution is 1.23. The number of rotatable bonds is 2. The molecule has 2 aromatic carbocycles. The SMILES string of the molecule is Nc1ccc(N=Nc2ccc(N)cc2N)cc1. The van der Waals surface area contributed by atoms with Gasteiger partial charge in [0.05, 0.1) is 11.4 Å². The van der Waals surface area contributed by atoms with Gasteiger partial charge in [-0.2, -0.15) is 5.11 Å². The van der Waals surface area contributed by atoms with E-state index in [1.54, 1.807) is 42.5 Å². The smallest absolute Gasteiger partial charge is 0.109 e. The molecule has 0 heterocycles. The Labute approximate surface area is 99.0 Å². The maximum absolute atomic E-state index is 5.76. The van der Waals surface area contributed by atoms with Crippen LogP contribution in [0.5, 0.6) is 0 Å². The first-order chi connectivity index (χ1) is 8.15. The molecule has 0 spiro atoms. The van der Waals surface area contributed by atoms with E-state index in [9.17, 15) is 0 Å². The second-order valence-corrected chi connectivity index (χ2v) is 3.61. The van der Waals surface area contributed by atoms with Crippen molar-refractivity contribution in [2.45, 2.75) is 0 Å². The molecule has 0 bridgehead atoms. The highest BCUT2D eigenvalue weighted by atomic mass is 15.1. The summed E-state index contributed by atoms with van der Waals surface area (Å²) in [4.78, 5) is 0. The molecule has 2 aromatic rings. The van der Waals surface area contributed by atoms with Gasteiger partial charge in [-0.05, 0) is 42.5 Å². The highest BCUT2D eigenvalue weighted by molar-refractivity contribution is 5.67. The van der Waals surface area contributed by atoms with Gasteiger partial charge in [-0.1, -0.05) is 0 Å². The van der Waals surface area contributed by atoms with Gasteiger partial charge in [0.25, 0.3) is 0 Å². The summed E-state index contributed by atoms with van der Waals surface area (Å²) in [7, 11) is 0. The molecule has 6 N–H and O–H groups in total. The predicted octanol–water partition coefficient (Wildman–Crippen LogP) is 2.85. The summed E-state index contributed by atoms with van der Waals surface area (Å²) in [6.07, 6.45) is 0. The van der Waals surface area contributed by atoms with Crippen molar-refractivity contribution in [2.75, 3.05) is 17.2 Å². The molecule has 86 valence electrons. The van der Waals surface area contributed by atoms with Crippen molar-refractivity contribution in [1.29, 1.82) is 0 Å². The fourth-order valence-electron chi connectivity index (χ4n) is 1.32. The number of hydrogen-bond acceptors (Lipinski definition) is 5. The van der Waals surface area contributed by atoms with Gasteiger partial charge >= 0.3 is 0 Å². The van der Waals surface area contributed by atoms with Gasteiger partial charge in [0.2, 0.25) is 0 Å². The van der Waals surface area contributed by atoms with E-state index in [1.807, 2.05) is 0 Å². The number of hydrogen-bond donors (Lipinski definition) is 3. The van der Waals surface area contributed by atoms with Crippen molar-refractivity contribution in [1.82, 2.24) is 0 Å². The van der Waals surface area contributed by atoms with E-state index in [2.05, 4.69) is 10.2 Å². The first-order valence-corrected chi connectivity index (χ1v) is 5.07. The molecule has 2 rings (SSSR count). The standard InChI is InChI=1S/C12H13N5/c13-8-1-4-10(5-2-8)16-17-12-6-3-9(14)7-11(12)15/h1-7H,13-15H2. The lowest BCUT2D eigenvalue weighted by Crippen LogP contribution is -1.89. The first-order valence-electron chi connectivity index (χ1n) is 5.07. The molecule has 0 fully saturated rings. The van der Waals surface area contributed by atoms with E-state index < -0.39 is 0 Å². The van der Waals surface area contributed by atoms with Gasteiger partial charge in [-0.15, -0.1) is 5.11 Å². The Balaban J connectivity index is 2.23. The second kappa shape index (κ2) is 4.52. The Morgan fingerprint density at radius 1 is 0.706 bits per heavy atom. The Bertz CT molecular complexity index is 545. The van der Waals surface area contributed by atoms with Crippen LogP contribution >= 0.6 is 0 Å². The molecule has 0 saturated carbocycles. The molecule has 5 heteroatoms. The normalized spacial score (nSPS) is 10.8. The highest BCUT2D eigenvalue weighted by Crippen LogP contribution is 2.26. The lowest BCUT2D eigenvalue weighted by Gasteiger charge is -2.00. The van der Waals surface area contributed by atoms with Crippen molar-refractivity contribution in [2.24, 2.45) is 10.2 Å². The van der Waals surface area contributed by atoms with Gasteiger partial charge < -0.3 is 17.2 Å². The summed E-state index contributed by atoms with van der Waals surface area (Å²) in [5.74, 6) is 0. The Kier molecular flexibility index (Phi) is 2.91. The van der Waals surface area contributed by atoms with E-state index in [1.165, 1.54) is 0 Å². The highest BCUT2D eigenvalue weighted by Gasteiger charge is 1.97. The summed E-state index contributed by atoms with van der Waals surface area (Å²) in [5, 5.41) is 8.11. The molecule has 0 radical (unpaired) electrons. The first kappa shape index (κ1) is 10.9. The van der Waals surface area contributed by atoms with Crippen LogP contribution < -0.4 is 17.2 Å². The minimum Gasteiger partial charge on any atom is -0.399 e. The number of nitrogens with two attached hydrogens (primary N) is 3. The average molecular weight is 227 g/mol. The maximum atomic E-state index is 5.76. The zero-order valence-corrected chi connectivity index (χ0v) is 9.17. The third-order valence-corrected chi connectivity index (χ3v) is 2.22. The predicted molar refractivity (Wildman–Crippen MR) is 70.3 cm³/mol. The molecule has 0 unspecified atom stereocenters. The molecule has 0 saturated heterocycles. The Morgan fingerprint density at radius 2 is 1.35 bits per heavy atom. The fraction of sp³-hybridized carbons (Fsp3) is 0. The van der Waals surface area contributed by atoms with Crippen LogP contribution in [0.3, 0.4) is 0 Å². The van der Waals surface area contributed by atoms with Crippen molar-refractivity contribution < 1.29 is 0 Å². The number of anilines is 3. The van der Waals surface area contributed by atoms with Crippen molar-refractivity contribution in [3.63, 3.8) is 0 Å². The van der Waals surface area contributed by atoms with E-state index in [-0.39, 0.29) is 0 Å². The monoisotopic (exact) mass is 227 g/mol. The number of nitrogens with zero attached hydrogens (tertiary/aromatic N) is 2. The van der Waals surface area contributed by atoms with Gasteiger partial charge in [-0.25, -0.2) is 0 Å². The van der Waals surface area contributed by atoms with Crippen LogP contribution in [-0.4, -0.2) is 0 Å². The van der Waals surface area contributed by atoms with Gasteiger partial charge in [0.1, 0.15) is 5.69 Å². The third kappa shape index (κ3) is 2.72. The summed E-state index contributed by atoms with van der Waals surface area (Å²) in [6.45, 7) is 0. The maximum Gasteiger partial charge on any atom is 0.109 e. The minimum atomic E-state index is 0.504. The van der Waals surface area contributed by atoms with Crippen LogP contribution in [0.2, 0.25) is 0 Å². The van der Waals surface area contributed by atoms with Gasteiger partial charge in [0, 0.05) is 11.4 Å². The van der Waals surface area contributed by atoms with Crippen molar-refractivity contribution in [3.05, 3.63) is 42.5 Å². The molecular formula is C12H13N5. The largest absolute Gasteiger partial charge is 0.399 e. The molecule has 5 nitrogen and oxygen atoms in total.